The Kier molecular flexibility index (Phi) is 6.29. The lowest BCUT2D eigenvalue weighted by molar-refractivity contribution is -0.120. The second-order valence-corrected chi connectivity index (χ2v) is 7.44. The molecule has 3 rings (SSSR count). The maximum absolute atomic E-state index is 14.4. The highest BCUT2D eigenvalue weighted by Crippen LogP contribution is 2.31. The van der Waals surface area contributed by atoms with Crippen LogP contribution in [0.3, 0.4) is 0 Å². The van der Waals surface area contributed by atoms with E-state index in [9.17, 15) is 18.8 Å². The molecule has 0 fully saturated rings. The minimum absolute atomic E-state index is 0.121. The van der Waals surface area contributed by atoms with Crippen molar-refractivity contribution in [2.24, 2.45) is 0 Å². The van der Waals surface area contributed by atoms with Crippen LogP contribution in [0.1, 0.15) is 28.0 Å². The van der Waals surface area contributed by atoms with Gasteiger partial charge in [-0.25, -0.2) is 9.87 Å². The molecule has 0 atom stereocenters. The third kappa shape index (κ3) is 4.30. The van der Waals surface area contributed by atoms with Crippen LogP contribution in [-0.4, -0.2) is 22.9 Å². The van der Waals surface area contributed by atoms with E-state index < -0.39 is 17.5 Å². The van der Waals surface area contributed by atoms with Crippen LogP contribution in [0.25, 0.3) is 0 Å². The number of carbonyl (C=O) groups excluding carboxylic acids is 2. The Morgan fingerprint density at radius 1 is 1.41 bits per heavy atom. The van der Waals surface area contributed by atoms with Gasteiger partial charge in [-0.3, -0.25) is 19.2 Å². The Morgan fingerprint density at radius 3 is 2.86 bits per heavy atom. The monoisotopic (exact) mass is 463 g/mol. The number of halogens is 2. The molecule has 2 N–H and O–H groups in total. The zero-order valence-electron chi connectivity index (χ0n) is 15.7. The fourth-order valence-electron chi connectivity index (χ4n) is 3.21. The molecule has 1 aromatic heterocycles. The molecule has 0 bridgehead atoms. The van der Waals surface area contributed by atoms with E-state index in [-0.39, 0.29) is 34.7 Å². The third-order valence-electron chi connectivity index (χ3n) is 4.63. The van der Waals surface area contributed by atoms with Gasteiger partial charge in [0.1, 0.15) is 12.4 Å². The van der Waals surface area contributed by atoms with E-state index in [1.165, 1.54) is 12.1 Å². The van der Waals surface area contributed by atoms with Crippen molar-refractivity contribution in [3.63, 3.8) is 0 Å². The highest BCUT2D eigenvalue weighted by molar-refractivity contribution is 9.10. The molecular weight excluding hydrogens is 445 g/mol. The molecule has 0 saturated carbocycles. The second kappa shape index (κ2) is 8.71. The molecule has 1 aromatic carbocycles. The van der Waals surface area contributed by atoms with Gasteiger partial charge >= 0.3 is 0 Å². The van der Waals surface area contributed by atoms with E-state index in [0.29, 0.717) is 29.6 Å². The van der Waals surface area contributed by atoms with E-state index >= 15 is 0 Å². The Balaban J connectivity index is 2.03. The molecule has 0 spiro atoms. The normalized spacial score (nSPS) is 12.4. The molecule has 2 heterocycles. The van der Waals surface area contributed by atoms with Gasteiger partial charge in [0.05, 0.1) is 16.9 Å². The molecule has 2 aromatic rings. The van der Waals surface area contributed by atoms with Crippen LogP contribution in [0.4, 0.5) is 15.8 Å². The van der Waals surface area contributed by atoms with E-state index in [2.05, 4.69) is 33.3 Å². The zero-order valence-corrected chi connectivity index (χ0v) is 17.3. The number of rotatable bonds is 7. The molecule has 0 aliphatic carbocycles. The summed E-state index contributed by atoms with van der Waals surface area (Å²) in [5.41, 5.74) is 3.33. The van der Waals surface area contributed by atoms with Crippen molar-refractivity contribution in [2.45, 2.75) is 26.3 Å². The van der Waals surface area contributed by atoms with E-state index in [1.54, 1.807) is 17.6 Å². The summed E-state index contributed by atoms with van der Waals surface area (Å²) in [4.78, 5) is 41.8. The Bertz CT molecular complexity index is 1060. The number of amides is 1. The van der Waals surface area contributed by atoms with Crippen LogP contribution >= 0.6 is 15.9 Å². The first-order valence-corrected chi connectivity index (χ1v) is 9.68. The maximum atomic E-state index is 14.4. The largest absolute Gasteiger partial charge is 0.352 e. The van der Waals surface area contributed by atoms with Crippen LogP contribution in [0.2, 0.25) is 0 Å². The average molecular weight is 464 g/mol. The van der Waals surface area contributed by atoms with Gasteiger partial charge in [-0.2, -0.15) is 0 Å². The molecule has 0 saturated heterocycles. The van der Waals surface area contributed by atoms with Crippen molar-refractivity contribution >= 4 is 39.0 Å². The standard InChI is InChI=1S/C20H19BrFN3O4/c1-3-13(26)10-29-24-19(27)17-16-5-4-8-25(16)20(28)11(2)18(17)23-15-7-6-12(21)9-14(15)22/h3,6-7,9,23H,1,4-5,8,10H2,2H3,(H,24,27). The first kappa shape index (κ1) is 20.9. The Labute approximate surface area is 174 Å². The molecule has 1 aliphatic heterocycles. The summed E-state index contributed by atoms with van der Waals surface area (Å²) < 4.78 is 16.5. The number of aromatic nitrogens is 1. The summed E-state index contributed by atoms with van der Waals surface area (Å²) in [6.07, 6.45) is 2.31. The quantitative estimate of drug-likeness (QED) is 0.486. The predicted octanol–water partition coefficient (Wildman–Crippen LogP) is 3.16. The lowest BCUT2D eigenvalue weighted by Gasteiger charge is -2.19. The first-order chi connectivity index (χ1) is 13.8. The minimum Gasteiger partial charge on any atom is -0.352 e. The molecule has 1 amide bonds. The smallest absolute Gasteiger partial charge is 0.278 e. The van der Waals surface area contributed by atoms with Gasteiger partial charge < -0.3 is 9.88 Å². The fourth-order valence-corrected chi connectivity index (χ4v) is 3.54. The molecule has 1 aliphatic rings. The summed E-state index contributed by atoms with van der Waals surface area (Å²) in [7, 11) is 0. The van der Waals surface area contributed by atoms with Crippen LogP contribution in [0.5, 0.6) is 0 Å². The van der Waals surface area contributed by atoms with E-state index in [1.807, 2.05) is 0 Å². The van der Waals surface area contributed by atoms with Crippen LogP contribution in [0, 0.1) is 12.7 Å². The van der Waals surface area contributed by atoms with Crippen LogP contribution < -0.4 is 16.4 Å². The van der Waals surface area contributed by atoms with Crippen LogP contribution in [-0.2, 0) is 22.6 Å². The highest BCUT2D eigenvalue weighted by Gasteiger charge is 2.27. The number of ketones is 1. The number of carbonyl (C=O) groups is 2. The summed E-state index contributed by atoms with van der Waals surface area (Å²) in [6.45, 7) is 5.04. The van der Waals surface area contributed by atoms with Gasteiger partial charge in [0, 0.05) is 22.3 Å². The number of hydrogen-bond donors (Lipinski definition) is 2. The van der Waals surface area contributed by atoms with Crippen molar-refractivity contribution in [1.29, 1.82) is 0 Å². The van der Waals surface area contributed by atoms with Gasteiger partial charge in [0.15, 0.2) is 5.78 Å². The maximum Gasteiger partial charge on any atom is 0.278 e. The molecule has 7 nitrogen and oxygen atoms in total. The third-order valence-corrected chi connectivity index (χ3v) is 5.12. The Hall–Kier alpha value is -2.78. The van der Waals surface area contributed by atoms with Crippen molar-refractivity contribution in [3.8, 4) is 0 Å². The average Bonchev–Trinajstić information content (AvgIpc) is 3.17. The number of nitrogens with one attached hydrogen (secondary N) is 2. The van der Waals surface area contributed by atoms with Gasteiger partial charge in [0.25, 0.3) is 11.5 Å². The van der Waals surface area contributed by atoms with E-state index in [0.717, 1.165) is 6.08 Å². The van der Waals surface area contributed by atoms with Crippen LogP contribution in [0.15, 0.2) is 40.1 Å². The minimum atomic E-state index is -0.629. The number of hydrogen-bond acceptors (Lipinski definition) is 5. The fraction of sp³-hybridized carbons (Fsp3) is 0.250. The topological polar surface area (TPSA) is 89.4 Å². The SMILES string of the molecule is C=CC(=O)CONC(=O)c1c(Nc2ccc(Br)cc2F)c(C)c(=O)n2c1CCC2. The van der Waals surface area contributed by atoms with Crippen molar-refractivity contribution < 1.29 is 18.8 Å². The number of pyridine rings is 1. The number of fused-ring (bicyclic) bond motifs is 1. The molecule has 0 unspecified atom stereocenters. The van der Waals surface area contributed by atoms with E-state index in [4.69, 9.17) is 4.84 Å². The summed E-state index contributed by atoms with van der Waals surface area (Å²) in [5, 5.41) is 2.89. The Morgan fingerprint density at radius 2 is 2.17 bits per heavy atom. The molecular formula is C20H19BrFN3O4. The number of hydroxylamine groups is 1. The summed E-state index contributed by atoms with van der Waals surface area (Å²) >= 11 is 3.20. The second-order valence-electron chi connectivity index (χ2n) is 6.52. The predicted molar refractivity (Wildman–Crippen MR) is 110 cm³/mol. The number of nitrogens with zero attached hydrogens (tertiary/aromatic N) is 1. The number of benzene rings is 1. The van der Waals surface area contributed by atoms with Gasteiger partial charge in [0.2, 0.25) is 0 Å². The first-order valence-electron chi connectivity index (χ1n) is 8.89. The molecule has 152 valence electrons. The number of anilines is 2. The van der Waals surface area contributed by atoms with Crippen molar-refractivity contribution in [1.82, 2.24) is 10.0 Å². The lowest BCUT2D eigenvalue weighted by Crippen LogP contribution is -2.32. The molecule has 0 radical (unpaired) electrons. The van der Waals surface area contributed by atoms with Gasteiger partial charge in [-0.05, 0) is 44.0 Å². The molecule has 29 heavy (non-hydrogen) atoms. The molecule has 9 heteroatoms. The summed E-state index contributed by atoms with van der Waals surface area (Å²) in [6, 6.07) is 4.43. The van der Waals surface area contributed by atoms with Crippen molar-refractivity contribution in [3.05, 3.63) is 68.3 Å². The van der Waals surface area contributed by atoms with Crippen molar-refractivity contribution in [2.75, 3.05) is 11.9 Å². The lowest BCUT2D eigenvalue weighted by atomic mass is 10.0. The zero-order chi connectivity index (χ0) is 21.1. The highest BCUT2D eigenvalue weighted by atomic mass is 79.9. The summed E-state index contributed by atoms with van der Waals surface area (Å²) in [5.74, 6) is -1.57. The van der Waals surface area contributed by atoms with Gasteiger partial charge in [-0.1, -0.05) is 22.5 Å². The van der Waals surface area contributed by atoms with Gasteiger partial charge in [-0.15, -0.1) is 0 Å².